The number of benzene rings is 1. The number of ether oxygens (including phenoxy) is 1. The zero-order valence-electron chi connectivity index (χ0n) is 19.4. The average Bonchev–Trinajstić information content (AvgIpc) is 3.41. The van der Waals surface area contributed by atoms with Gasteiger partial charge in [-0.1, -0.05) is 22.9 Å². The molecule has 0 amide bonds. The van der Waals surface area contributed by atoms with Crippen LogP contribution in [-0.2, 0) is 13.0 Å². The zero-order chi connectivity index (χ0) is 24.3. The van der Waals surface area contributed by atoms with Gasteiger partial charge >= 0.3 is 0 Å². The summed E-state index contributed by atoms with van der Waals surface area (Å²) in [7, 11) is 0. The van der Waals surface area contributed by atoms with Crippen molar-refractivity contribution in [1.29, 1.82) is 0 Å². The first-order chi connectivity index (χ1) is 16.9. The monoisotopic (exact) mass is 477 g/mol. The molecule has 0 radical (unpaired) electrons. The number of nitrogen functional groups attached to an aromatic ring is 1. The lowest BCUT2D eigenvalue weighted by atomic mass is 10.0. The molecule has 1 unspecified atom stereocenters. The molecule has 10 heteroatoms. The van der Waals surface area contributed by atoms with Gasteiger partial charge < -0.3 is 10.5 Å². The van der Waals surface area contributed by atoms with Gasteiger partial charge in [-0.2, -0.15) is 5.10 Å². The number of aryl methyl sites for hydroxylation is 1. The lowest BCUT2D eigenvalue weighted by Gasteiger charge is -2.22. The Morgan fingerprint density at radius 2 is 2.03 bits per heavy atom. The molecular formula is C25H25F2N7O. The number of anilines is 1. The number of nitrogens with two attached hydrogens (primary N) is 1. The lowest BCUT2D eigenvalue weighted by molar-refractivity contribution is 0.145. The van der Waals surface area contributed by atoms with Gasteiger partial charge in [0.2, 0.25) is 0 Å². The second-order valence-corrected chi connectivity index (χ2v) is 9.39. The third-order valence-corrected chi connectivity index (χ3v) is 6.62. The highest BCUT2D eigenvalue weighted by Crippen LogP contribution is 2.37. The van der Waals surface area contributed by atoms with Crippen molar-refractivity contribution in [3.05, 3.63) is 64.7 Å². The van der Waals surface area contributed by atoms with Crippen LogP contribution in [-0.4, -0.2) is 29.8 Å². The Morgan fingerprint density at radius 1 is 1.20 bits per heavy atom. The highest BCUT2D eigenvalue weighted by atomic mass is 19.3. The molecule has 3 aromatic heterocycles. The van der Waals surface area contributed by atoms with Gasteiger partial charge in [-0.25, -0.2) is 23.1 Å². The van der Waals surface area contributed by atoms with Gasteiger partial charge in [0.25, 0.3) is 6.43 Å². The summed E-state index contributed by atoms with van der Waals surface area (Å²) < 4.78 is 37.3. The molecule has 4 heterocycles. The number of halogens is 2. The lowest BCUT2D eigenvalue weighted by Crippen LogP contribution is -2.14. The summed E-state index contributed by atoms with van der Waals surface area (Å²) in [6.45, 7) is 4.61. The van der Waals surface area contributed by atoms with Crippen LogP contribution >= 0.6 is 0 Å². The maximum absolute atomic E-state index is 13.8. The first-order valence-corrected chi connectivity index (χ1v) is 11.7. The molecule has 1 aliphatic carbocycles. The Morgan fingerprint density at radius 3 is 2.80 bits per heavy atom. The van der Waals surface area contributed by atoms with E-state index in [0.29, 0.717) is 28.7 Å². The molecule has 1 atom stereocenters. The van der Waals surface area contributed by atoms with Crippen molar-refractivity contribution in [2.45, 2.75) is 52.2 Å². The molecule has 6 rings (SSSR count). The molecule has 0 saturated heterocycles. The summed E-state index contributed by atoms with van der Waals surface area (Å²) in [6.07, 6.45) is 1.14. The predicted octanol–water partition coefficient (Wildman–Crippen LogP) is 4.81. The molecule has 0 spiro atoms. The van der Waals surface area contributed by atoms with Gasteiger partial charge in [0.15, 0.2) is 11.6 Å². The van der Waals surface area contributed by atoms with Crippen molar-refractivity contribution in [3.8, 4) is 22.7 Å². The van der Waals surface area contributed by atoms with Crippen LogP contribution in [0.4, 0.5) is 14.6 Å². The highest BCUT2D eigenvalue weighted by Gasteiger charge is 2.28. The van der Waals surface area contributed by atoms with E-state index in [1.165, 1.54) is 6.07 Å². The summed E-state index contributed by atoms with van der Waals surface area (Å²) in [4.78, 5) is 4.39. The number of pyridine rings is 1. The molecule has 2 aliphatic rings. The number of hydrogen-bond acceptors (Lipinski definition) is 6. The van der Waals surface area contributed by atoms with Crippen molar-refractivity contribution in [1.82, 2.24) is 29.8 Å². The van der Waals surface area contributed by atoms with E-state index in [0.717, 1.165) is 41.8 Å². The predicted molar refractivity (Wildman–Crippen MR) is 125 cm³/mol. The molecule has 1 saturated carbocycles. The smallest absolute Gasteiger partial charge is 0.282 e. The van der Waals surface area contributed by atoms with Gasteiger partial charge in [0, 0.05) is 30.3 Å². The number of hydrogen-bond donors (Lipinski definition) is 1. The number of alkyl halides is 2. The number of fused-ring (bicyclic) bond motifs is 7. The van der Waals surface area contributed by atoms with Gasteiger partial charge in [-0.15, -0.1) is 5.10 Å². The van der Waals surface area contributed by atoms with E-state index < -0.39 is 12.5 Å². The molecule has 8 nitrogen and oxygen atoms in total. The summed E-state index contributed by atoms with van der Waals surface area (Å²) in [6, 6.07) is 9.10. The fraction of sp³-hybridized carbons (Fsp3) is 0.360. The molecule has 4 aromatic rings. The van der Waals surface area contributed by atoms with Crippen LogP contribution in [0, 0.1) is 12.8 Å². The van der Waals surface area contributed by atoms with Crippen LogP contribution in [0.5, 0.6) is 5.75 Å². The third kappa shape index (κ3) is 3.92. The Balaban J connectivity index is 1.60. The zero-order valence-corrected chi connectivity index (χ0v) is 19.4. The van der Waals surface area contributed by atoms with Gasteiger partial charge in [-0.3, -0.25) is 0 Å². The Labute approximate surface area is 200 Å². The maximum Gasteiger partial charge on any atom is 0.282 e. The molecule has 1 aliphatic heterocycles. The summed E-state index contributed by atoms with van der Waals surface area (Å²) >= 11 is 0. The minimum absolute atomic E-state index is 0.273. The van der Waals surface area contributed by atoms with E-state index >= 15 is 0 Å². The van der Waals surface area contributed by atoms with E-state index in [-0.39, 0.29) is 17.9 Å². The van der Waals surface area contributed by atoms with Gasteiger partial charge in [0.05, 0.1) is 22.8 Å². The molecule has 35 heavy (non-hydrogen) atoms. The fourth-order valence-corrected chi connectivity index (χ4v) is 4.64. The minimum atomic E-state index is -2.70. The summed E-state index contributed by atoms with van der Waals surface area (Å²) in [5.74, 6) is 1.28. The third-order valence-electron chi connectivity index (χ3n) is 6.62. The topological polar surface area (TPSA) is 96.7 Å². The van der Waals surface area contributed by atoms with Crippen LogP contribution < -0.4 is 10.5 Å². The van der Waals surface area contributed by atoms with E-state index in [1.54, 1.807) is 10.9 Å². The van der Waals surface area contributed by atoms with Crippen LogP contribution in [0.2, 0.25) is 0 Å². The largest absolute Gasteiger partial charge is 0.482 e. The first kappa shape index (κ1) is 21.7. The van der Waals surface area contributed by atoms with Crippen molar-refractivity contribution in [2.24, 2.45) is 5.92 Å². The van der Waals surface area contributed by atoms with E-state index in [1.807, 2.05) is 42.8 Å². The standard InChI is InChI=1S/C25H25F2N7O/c1-13-3-6-21-18(7-13)14(2)35-22-8-16(11-29-25(22)28)23-19(30-32-33(23)12-15-4-5-15)9-17-10-20(24(26)27)31-34(17)21/h3,6-8,10-11,14-15,24H,4-5,9,12H2,1-2H3,(H2,28,29). The number of nitrogens with zero attached hydrogens (tertiary/aromatic N) is 6. The Hall–Kier alpha value is -3.82. The highest BCUT2D eigenvalue weighted by molar-refractivity contribution is 5.67. The van der Waals surface area contributed by atoms with Crippen molar-refractivity contribution < 1.29 is 13.5 Å². The van der Waals surface area contributed by atoms with E-state index in [4.69, 9.17) is 10.5 Å². The maximum atomic E-state index is 13.8. The van der Waals surface area contributed by atoms with E-state index in [9.17, 15) is 8.78 Å². The SMILES string of the molecule is Cc1ccc2c(c1)C(C)Oc1cc(cnc1N)-c1c(nnn1CC1CC1)Cc1cc(C(F)F)nn1-2. The molecule has 2 bridgehead atoms. The number of aromatic nitrogens is 6. The minimum Gasteiger partial charge on any atom is -0.482 e. The van der Waals surface area contributed by atoms with Crippen LogP contribution in [0.15, 0.2) is 36.5 Å². The summed E-state index contributed by atoms with van der Waals surface area (Å²) in [5, 5.41) is 13.2. The second-order valence-electron chi connectivity index (χ2n) is 9.39. The van der Waals surface area contributed by atoms with Crippen LogP contribution in [0.3, 0.4) is 0 Å². The van der Waals surface area contributed by atoms with Crippen LogP contribution in [0.25, 0.3) is 16.9 Å². The quantitative estimate of drug-likeness (QED) is 0.455. The summed E-state index contributed by atoms with van der Waals surface area (Å²) in [5.41, 5.74) is 11.2. The normalized spacial score (nSPS) is 17.1. The molecule has 1 aromatic carbocycles. The number of rotatable bonds is 3. The molecule has 1 fully saturated rings. The van der Waals surface area contributed by atoms with E-state index in [2.05, 4.69) is 20.4 Å². The van der Waals surface area contributed by atoms with Crippen molar-refractivity contribution >= 4 is 5.82 Å². The van der Waals surface area contributed by atoms with Crippen molar-refractivity contribution in [2.75, 3.05) is 5.73 Å². The first-order valence-electron chi connectivity index (χ1n) is 11.7. The molecule has 2 N–H and O–H groups in total. The molecule has 180 valence electrons. The second kappa shape index (κ2) is 8.14. The van der Waals surface area contributed by atoms with Gasteiger partial charge in [0.1, 0.15) is 11.8 Å². The van der Waals surface area contributed by atoms with Crippen molar-refractivity contribution in [3.63, 3.8) is 0 Å². The Kier molecular flexibility index (Phi) is 5.05. The average molecular weight is 478 g/mol. The fourth-order valence-electron chi connectivity index (χ4n) is 4.64. The Bertz CT molecular complexity index is 1420. The van der Waals surface area contributed by atoms with Gasteiger partial charge in [-0.05, 0) is 50.8 Å². The van der Waals surface area contributed by atoms with Crippen LogP contribution in [0.1, 0.15) is 60.5 Å². The molecular weight excluding hydrogens is 452 g/mol.